The van der Waals surface area contributed by atoms with Crippen LogP contribution in [0.15, 0.2) is 41.3 Å². The van der Waals surface area contributed by atoms with Crippen molar-refractivity contribution in [1.82, 2.24) is 9.62 Å². The van der Waals surface area contributed by atoms with E-state index in [-0.39, 0.29) is 16.4 Å². The minimum atomic E-state index is -3.82. The van der Waals surface area contributed by atoms with Crippen LogP contribution >= 0.6 is 0 Å². The van der Waals surface area contributed by atoms with Gasteiger partial charge in [0.25, 0.3) is 5.91 Å². The number of amides is 1. The lowest BCUT2D eigenvalue weighted by atomic mass is 10.0. The monoisotopic (exact) mass is 416 g/mol. The molecule has 1 N–H and O–H groups in total. The minimum Gasteiger partial charge on any atom is -0.496 e. The van der Waals surface area contributed by atoms with Crippen molar-refractivity contribution in [3.8, 4) is 5.75 Å². The Balaban J connectivity index is 1.90. The van der Waals surface area contributed by atoms with Gasteiger partial charge in [0.1, 0.15) is 5.75 Å². The van der Waals surface area contributed by atoms with Gasteiger partial charge >= 0.3 is 0 Å². The SMILES string of the molecule is COc1ccc(S(=O)(=O)N[C@H](C)c2ccc(C)cc2C)cc1C(=O)N1CCCC1. The van der Waals surface area contributed by atoms with Crippen LogP contribution in [0, 0.1) is 13.8 Å². The van der Waals surface area contributed by atoms with Crippen LogP contribution in [-0.2, 0) is 10.0 Å². The topological polar surface area (TPSA) is 75.7 Å². The first-order valence-corrected chi connectivity index (χ1v) is 11.3. The van der Waals surface area contributed by atoms with Gasteiger partial charge in [0, 0.05) is 19.1 Å². The van der Waals surface area contributed by atoms with Crippen molar-refractivity contribution in [2.24, 2.45) is 0 Å². The van der Waals surface area contributed by atoms with Gasteiger partial charge in [-0.2, -0.15) is 0 Å². The Bertz CT molecular complexity index is 1010. The molecule has 1 atom stereocenters. The van der Waals surface area contributed by atoms with Gasteiger partial charge in [-0.25, -0.2) is 13.1 Å². The fraction of sp³-hybridized carbons (Fsp3) is 0.409. The molecule has 156 valence electrons. The molecule has 0 bridgehead atoms. The van der Waals surface area contributed by atoms with Crippen LogP contribution in [0.2, 0.25) is 0 Å². The first-order valence-electron chi connectivity index (χ1n) is 9.79. The van der Waals surface area contributed by atoms with Crippen LogP contribution in [0.1, 0.15) is 52.9 Å². The summed E-state index contributed by atoms with van der Waals surface area (Å²) in [4.78, 5) is 14.6. The van der Waals surface area contributed by atoms with E-state index in [0.717, 1.165) is 29.5 Å². The summed E-state index contributed by atoms with van der Waals surface area (Å²) < 4.78 is 34.1. The zero-order valence-corrected chi connectivity index (χ0v) is 18.2. The Hall–Kier alpha value is -2.38. The van der Waals surface area contributed by atoms with Crippen molar-refractivity contribution in [1.29, 1.82) is 0 Å². The molecule has 7 heteroatoms. The Morgan fingerprint density at radius 3 is 2.41 bits per heavy atom. The van der Waals surface area contributed by atoms with Crippen molar-refractivity contribution < 1.29 is 17.9 Å². The molecule has 2 aromatic carbocycles. The van der Waals surface area contributed by atoms with Gasteiger partial charge in [-0.1, -0.05) is 23.8 Å². The highest BCUT2D eigenvalue weighted by atomic mass is 32.2. The maximum atomic E-state index is 13.0. The molecule has 0 radical (unpaired) electrons. The Labute approximate surface area is 172 Å². The second-order valence-electron chi connectivity index (χ2n) is 7.56. The summed E-state index contributed by atoms with van der Waals surface area (Å²) in [5.74, 6) is 0.183. The highest BCUT2D eigenvalue weighted by Gasteiger charge is 2.26. The molecule has 0 saturated carbocycles. The number of likely N-dealkylation sites (tertiary alicyclic amines) is 1. The standard InChI is InChI=1S/C22H28N2O4S/c1-15-7-9-19(16(2)13-15)17(3)23-29(26,27)18-8-10-21(28-4)20(14-18)22(25)24-11-5-6-12-24/h7-10,13-14,17,23H,5-6,11-12H2,1-4H3/t17-/m1/s1. The molecule has 1 fully saturated rings. The summed E-state index contributed by atoms with van der Waals surface area (Å²) >= 11 is 0. The van der Waals surface area contributed by atoms with Crippen LogP contribution in [0.4, 0.5) is 0 Å². The van der Waals surface area contributed by atoms with Crippen molar-refractivity contribution >= 4 is 15.9 Å². The third-order valence-corrected chi connectivity index (χ3v) is 6.87. The quantitative estimate of drug-likeness (QED) is 0.781. The van der Waals surface area contributed by atoms with Crippen molar-refractivity contribution in [2.75, 3.05) is 20.2 Å². The molecule has 0 spiro atoms. The van der Waals surface area contributed by atoms with Crippen molar-refractivity contribution in [2.45, 2.75) is 44.6 Å². The molecule has 0 aliphatic carbocycles. The highest BCUT2D eigenvalue weighted by molar-refractivity contribution is 7.89. The maximum absolute atomic E-state index is 13.0. The first-order chi connectivity index (χ1) is 13.7. The molecule has 2 aromatic rings. The molecular formula is C22H28N2O4S. The average Bonchev–Trinajstić information content (AvgIpc) is 3.21. The molecule has 1 aliphatic heterocycles. The summed E-state index contributed by atoms with van der Waals surface area (Å²) in [6.45, 7) is 7.14. The molecule has 6 nitrogen and oxygen atoms in total. The van der Waals surface area contributed by atoms with Gasteiger partial charge in [0.05, 0.1) is 17.6 Å². The van der Waals surface area contributed by atoms with E-state index in [0.29, 0.717) is 18.8 Å². The minimum absolute atomic E-state index is 0.0532. The van der Waals surface area contributed by atoms with Gasteiger partial charge in [-0.3, -0.25) is 4.79 Å². The van der Waals surface area contributed by atoms with E-state index in [1.807, 2.05) is 39.0 Å². The predicted molar refractivity (Wildman–Crippen MR) is 113 cm³/mol. The van der Waals surface area contributed by atoms with Gasteiger partial charge in [0.15, 0.2) is 0 Å². The van der Waals surface area contributed by atoms with E-state index in [1.165, 1.54) is 19.2 Å². The fourth-order valence-corrected chi connectivity index (χ4v) is 5.04. The number of methoxy groups -OCH3 is 1. The number of aryl methyl sites for hydroxylation is 2. The lowest BCUT2D eigenvalue weighted by Gasteiger charge is -2.20. The van der Waals surface area contributed by atoms with Crippen LogP contribution in [0.3, 0.4) is 0 Å². The summed E-state index contributed by atoms with van der Waals surface area (Å²) in [6, 6.07) is 9.95. The smallest absolute Gasteiger partial charge is 0.257 e. The van der Waals surface area contributed by atoms with E-state index in [9.17, 15) is 13.2 Å². The zero-order valence-electron chi connectivity index (χ0n) is 17.4. The largest absolute Gasteiger partial charge is 0.496 e. The van der Waals surface area contributed by atoms with Gasteiger partial charge in [-0.15, -0.1) is 0 Å². The molecule has 1 heterocycles. The number of carbonyl (C=O) groups excluding carboxylic acids is 1. The molecule has 0 aromatic heterocycles. The molecule has 1 aliphatic rings. The summed E-state index contributed by atoms with van der Waals surface area (Å²) in [7, 11) is -2.34. The highest BCUT2D eigenvalue weighted by Crippen LogP contribution is 2.27. The number of nitrogens with zero attached hydrogens (tertiary/aromatic N) is 1. The Kier molecular flexibility index (Phi) is 6.29. The lowest BCUT2D eigenvalue weighted by Crippen LogP contribution is -2.29. The van der Waals surface area contributed by atoms with Crippen LogP contribution in [0.5, 0.6) is 5.75 Å². The van der Waals surface area contributed by atoms with Crippen molar-refractivity contribution in [3.63, 3.8) is 0 Å². The summed E-state index contributed by atoms with van der Waals surface area (Å²) in [5.41, 5.74) is 3.35. The van der Waals surface area contributed by atoms with Crippen LogP contribution in [0.25, 0.3) is 0 Å². The van der Waals surface area contributed by atoms with Gasteiger partial charge in [0.2, 0.25) is 10.0 Å². The number of ether oxygens (including phenoxy) is 1. The number of rotatable bonds is 6. The van der Waals surface area contributed by atoms with Gasteiger partial charge < -0.3 is 9.64 Å². The van der Waals surface area contributed by atoms with E-state index in [4.69, 9.17) is 4.74 Å². The number of carbonyl (C=O) groups is 1. The molecular weight excluding hydrogens is 388 g/mol. The normalized spacial score (nSPS) is 15.4. The molecule has 1 saturated heterocycles. The lowest BCUT2D eigenvalue weighted by molar-refractivity contribution is 0.0789. The fourth-order valence-electron chi connectivity index (χ4n) is 3.79. The number of hydrogen-bond acceptors (Lipinski definition) is 4. The number of hydrogen-bond donors (Lipinski definition) is 1. The summed E-state index contributed by atoms with van der Waals surface area (Å²) in [6.07, 6.45) is 1.92. The molecule has 0 unspecified atom stereocenters. The second-order valence-corrected chi connectivity index (χ2v) is 9.28. The third kappa shape index (κ3) is 4.62. The molecule has 3 rings (SSSR count). The van der Waals surface area contributed by atoms with E-state index in [1.54, 1.807) is 11.0 Å². The van der Waals surface area contributed by atoms with Crippen molar-refractivity contribution in [3.05, 3.63) is 58.7 Å². The Morgan fingerprint density at radius 1 is 1.10 bits per heavy atom. The number of nitrogens with one attached hydrogen (secondary N) is 1. The van der Waals surface area contributed by atoms with Gasteiger partial charge in [-0.05, 0) is 62.9 Å². The molecule has 29 heavy (non-hydrogen) atoms. The van der Waals surface area contributed by atoms with E-state index in [2.05, 4.69) is 4.72 Å². The van der Waals surface area contributed by atoms with Crippen LogP contribution in [-0.4, -0.2) is 39.4 Å². The Morgan fingerprint density at radius 2 is 1.79 bits per heavy atom. The number of sulfonamides is 1. The molecule has 1 amide bonds. The average molecular weight is 417 g/mol. The first kappa shape index (κ1) is 21.3. The second kappa shape index (κ2) is 8.55. The zero-order chi connectivity index (χ0) is 21.2. The third-order valence-electron chi connectivity index (χ3n) is 5.33. The van der Waals surface area contributed by atoms with E-state index < -0.39 is 16.1 Å². The summed E-state index contributed by atoms with van der Waals surface area (Å²) in [5, 5.41) is 0. The number of benzene rings is 2. The maximum Gasteiger partial charge on any atom is 0.257 e. The van der Waals surface area contributed by atoms with Crippen LogP contribution < -0.4 is 9.46 Å². The predicted octanol–water partition coefficient (Wildman–Crippen LogP) is 3.59. The van der Waals surface area contributed by atoms with E-state index >= 15 is 0 Å².